The van der Waals surface area contributed by atoms with E-state index in [2.05, 4.69) is 0 Å². The van der Waals surface area contributed by atoms with Crippen molar-refractivity contribution in [3.63, 3.8) is 0 Å². The summed E-state index contributed by atoms with van der Waals surface area (Å²) in [6.45, 7) is 4.50. The monoisotopic (exact) mass is 379 g/mol. The molecule has 5 nitrogen and oxygen atoms in total. The van der Waals surface area contributed by atoms with Crippen LogP contribution in [0.4, 0.5) is 0 Å². The van der Waals surface area contributed by atoms with Gasteiger partial charge in [0.05, 0.1) is 12.2 Å². The largest absolute Gasteiger partial charge is 0.489 e. The molecule has 1 fully saturated rings. The summed E-state index contributed by atoms with van der Waals surface area (Å²) >= 11 is 0. The Morgan fingerprint density at radius 3 is 2.82 bits per heavy atom. The fourth-order valence-corrected chi connectivity index (χ4v) is 3.84. The number of nitrogens with zero attached hydrogens (tertiary/aromatic N) is 1. The zero-order valence-electron chi connectivity index (χ0n) is 16.3. The van der Waals surface area contributed by atoms with Gasteiger partial charge in [-0.05, 0) is 37.1 Å². The van der Waals surface area contributed by atoms with Gasteiger partial charge in [0, 0.05) is 31.5 Å². The minimum atomic E-state index is 0.0232. The maximum atomic E-state index is 13.2. The van der Waals surface area contributed by atoms with E-state index in [4.69, 9.17) is 13.9 Å². The fraction of sp³-hybridized carbons (Fsp3) is 0.348. The van der Waals surface area contributed by atoms with Gasteiger partial charge in [-0.1, -0.05) is 30.3 Å². The van der Waals surface area contributed by atoms with Crippen molar-refractivity contribution in [2.45, 2.75) is 20.0 Å². The molecule has 0 saturated carbocycles. The molecule has 1 aliphatic heterocycles. The zero-order chi connectivity index (χ0) is 19.5. The van der Waals surface area contributed by atoms with E-state index in [1.54, 1.807) is 7.11 Å². The predicted molar refractivity (Wildman–Crippen MR) is 108 cm³/mol. The smallest absolute Gasteiger partial charge is 0.258 e. The molecule has 1 atom stereocenters. The normalized spacial score (nSPS) is 16.6. The lowest BCUT2D eigenvalue weighted by atomic mass is 10.1. The van der Waals surface area contributed by atoms with Crippen LogP contribution in [0.15, 0.2) is 52.9 Å². The number of hydrogen-bond acceptors (Lipinski definition) is 4. The number of carbonyl (C=O) groups excluding carboxylic acids is 1. The van der Waals surface area contributed by atoms with Crippen molar-refractivity contribution < 1.29 is 18.7 Å². The Morgan fingerprint density at radius 1 is 1.21 bits per heavy atom. The maximum absolute atomic E-state index is 13.2. The summed E-state index contributed by atoms with van der Waals surface area (Å²) in [5.74, 6) is 1.80. The molecule has 0 N–H and O–H groups in total. The first-order valence-corrected chi connectivity index (χ1v) is 9.64. The van der Waals surface area contributed by atoms with E-state index >= 15 is 0 Å². The Kier molecular flexibility index (Phi) is 5.35. The highest BCUT2D eigenvalue weighted by atomic mass is 16.5. The quantitative estimate of drug-likeness (QED) is 0.636. The van der Waals surface area contributed by atoms with Crippen molar-refractivity contribution >= 4 is 16.9 Å². The number of ether oxygens (including phenoxy) is 2. The van der Waals surface area contributed by atoms with E-state index in [-0.39, 0.29) is 5.91 Å². The third-order valence-electron chi connectivity index (χ3n) is 5.27. The Bertz CT molecular complexity index is 963. The van der Waals surface area contributed by atoms with Gasteiger partial charge in [0.2, 0.25) is 0 Å². The molecule has 4 rings (SSSR count). The van der Waals surface area contributed by atoms with Gasteiger partial charge in [-0.3, -0.25) is 4.79 Å². The van der Waals surface area contributed by atoms with E-state index in [0.717, 1.165) is 36.2 Å². The van der Waals surface area contributed by atoms with Crippen molar-refractivity contribution in [3.05, 3.63) is 65.4 Å². The van der Waals surface area contributed by atoms with Gasteiger partial charge in [0.15, 0.2) is 0 Å². The minimum absolute atomic E-state index is 0.0232. The Balaban J connectivity index is 1.56. The van der Waals surface area contributed by atoms with Crippen LogP contribution in [-0.4, -0.2) is 37.6 Å². The number of hydrogen-bond donors (Lipinski definition) is 0. The van der Waals surface area contributed by atoms with E-state index in [1.807, 2.05) is 60.4 Å². The lowest BCUT2D eigenvalue weighted by molar-refractivity contribution is 0.0775. The summed E-state index contributed by atoms with van der Waals surface area (Å²) in [5, 5.41) is 0.809. The summed E-state index contributed by atoms with van der Waals surface area (Å²) in [4.78, 5) is 15.1. The van der Waals surface area contributed by atoms with E-state index in [1.165, 1.54) is 0 Å². The Morgan fingerprint density at radius 2 is 2.04 bits per heavy atom. The second kappa shape index (κ2) is 8.07. The molecule has 1 unspecified atom stereocenters. The number of likely N-dealkylation sites (tertiary alicyclic amines) is 1. The number of aryl methyl sites for hydroxylation is 1. The van der Waals surface area contributed by atoms with Gasteiger partial charge in [-0.2, -0.15) is 0 Å². The lowest BCUT2D eigenvalue weighted by Crippen LogP contribution is -2.29. The molecule has 0 spiro atoms. The molecule has 1 aromatic heterocycles. The first-order valence-electron chi connectivity index (χ1n) is 9.64. The number of furan rings is 1. The summed E-state index contributed by atoms with van der Waals surface area (Å²) in [6, 6.07) is 15.7. The van der Waals surface area contributed by atoms with Crippen LogP contribution in [-0.2, 0) is 11.3 Å². The molecule has 146 valence electrons. The second-order valence-corrected chi connectivity index (χ2v) is 7.33. The number of methoxy groups -OCH3 is 1. The molecule has 5 heteroatoms. The van der Waals surface area contributed by atoms with Crippen molar-refractivity contribution in [2.24, 2.45) is 5.92 Å². The van der Waals surface area contributed by atoms with E-state index < -0.39 is 0 Å². The second-order valence-electron chi connectivity index (χ2n) is 7.33. The third-order valence-corrected chi connectivity index (χ3v) is 5.27. The highest BCUT2D eigenvalue weighted by Gasteiger charge is 2.30. The molecule has 1 amide bonds. The lowest BCUT2D eigenvalue weighted by Gasteiger charge is -2.16. The van der Waals surface area contributed by atoms with Crippen LogP contribution in [0.25, 0.3) is 11.0 Å². The number of fused-ring (bicyclic) bond motifs is 1. The molecular weight excluding hydrogens is 354 g/mol. The highest BCUT2D eigenvalue weighted by molar-refractivity contribution is 6.07. The average molecular weight is 379 g/mol. The highest BCUT2D eigenvalue weighted by Crippen LogP contribution is 2.31. The Hall–Kier alpha value is -2.79. The molecule has 2 aromatic carbocycles. The number of amides is 1. The van der Waals surface area contributed by atoms with Crippen LogP contribution < -0.4 is 4.74 Å². The fourth-order valence-electron chi connectivity index (χ4n) is 3.84. The molecule has 3 aromatic rings. The van der Waals surface area contributed by atoms with E-state index in [0.29, 0.717) is 36.0 Å². The van der Waals surface area contributed by atoms with Crippen LogP contribution in [0.3, 0.4) is 0 Å². The molecule has 1 aliphatic rings. The van der Waals surface area contributed by atoms with Gasteiger partial charge >= 0.3 is 0 Å². The number of rotatable bonds is 6. The van der Waals surface area contributed by atoms with Crippen molar-refractivity contribution in [3.8, 4) is 5.75 Å². The molecule has 2 heterocycles. The molecule has 0 bridgehead atoms. The Labute approximate surface area is 164 Å². The van der Waals surface area contributed by atoms with Crippen LogP contribution in [0.2, 0.25) is 0 Å². The predicted octanol–water partition coefficient (Wildman–Crippen LogP) is 4.43. The van der Waals surface area contributed by atoms with Crippen molar-refractivity contribution in [2.75, 3.05) is 26.8 Å². The van der Waals surface area contributed by atoms with Gasteiger partial charge in [-0.25, -0.2) is 0 Å². The summed E-state index contributed by atoms with van der Waals surface area (Å²) in [5.41, 5.74) is 2.45. The van der Waals surface area contributed by atoms with Gasteiger partial charge in [0.1, 0.15) is 23.7 Å². The van der Waals surface area contributed by atoms with Crippen LogP contribution in [0.1, 0.15) is 28.1 Å². The average Bonchev–Trinajstić information content (AvgIpc) is 3.30. The van der Waals surface area contributed by atoms with Crippen LogP contribution in [0.5, 0.6) is 5.75 Å². The van der Waals surface area contributed by atoms with Gasteiger partial charge in [0.25, 0.3) is 5.91 Å². The van der Waals surface area contributed by atoms with Crippen LogP contribution >= 0.6 is 0 Å². The third kappa shape index (κ3) is 3.76. The molecular formula is C23H25NO4. The van der Waals surface area contributed by atoms with Gasteiger partial charge < -0.3 is 18.8 Å². The van der Waals surface area contributed by atoms with Crippen LogP contribution in [0, 0.1) is 12.8 Å². The first-order chi connectivity index (χ1) is 13.7. The molecule has 1 saturated heterocycles. The number of benzene rings is 2. The molecule has 0 radical (unpaired) electrons. The van der Waals surface area contributed by atoms with Crippen molar-refractivity contribution in [1.29, 1.82) is 0 Å². The van der Waals surface area contributed by atoms with E-state index in [9.17, 15) is 4.79 Å². The maximum Gasteiger partial charge on any atom is 0.258 e. The summed E-state index contributed by atoms with van der Waals surface area (Å²) in [7, 11) is 1.70. The first kappa shape index (κ1) is 18.6. The zero-order valence-corrected chi connectivity index (χ0v) is 16.3. The summed E-state index contributed by atoms with van der Waals surface area (Å²) in [6.07, 6.45) is 0.972. The van der Waals surface area contributed by atoms with Crippen molar-refractivity contribution in [1.82, 2.24) is 4.90 Å². The standard InChI is InChI=1S/C23H25NO4/c1-16-22(23(25)24-11-10-18(13-24)14-26-2)20-12-19(8-9-21(20)28-16)27-15-17-6-4-3-5-7-17/h3-9,12,18H,10-11,13-15H2,1-2H3. The molecule has 0 aliphatic carbocycles. The van der Waals surface area contributed by atoms with Gasteiger partial charge in [-0.15, -0.1) is 0 Å². The SMILES string of the molecule is COCC1CCN(C(=O)c2c(C)oc3ccc(OCc4ccccc4)cc23)C1. The molecule has 28 heavy (non-hydrogen) atoms. The summed E-state index contributed by atoms with van der Waals surface area (Å²) < 4.78 is 17.0. The minimum Gasteiger partial charge on any atom is -0.489 e. The topological polar surface area (TPSA) is 51.9 Å². The number of carbonyl (C=O) groups is 1.